The maximum Gasteiger partial charge on any atom is 0.273 e. The summed E-state index contributed by atoms with van der Waals surface area (Å²) in [6.07, 6.45) is 0. The van der Waals surface area contributed by atoms with Crippen LogP contribution in [0.5, 0.6) is 5.88 Å². The normalized spacial score (nSPS) is 11.9. The number of nitrogens with one attached hydrogen (secondary N) is 3. The molecule has 0 aliphatic carbocycles. The molecule has 26 heavy (non-hydrogen) atoms. The third-order valence-corrected chi connectivity index (χ3v) is 4.34. The summed E-state index contributed by atoms with van der Waals surface area (Å²) >= 11 is 0.969. The molecular weight excluding hydrogens is 358 g/mol. The van der Waals surface area contributed by atoms with Crippen LogP contribution in [0, 0.1) is 0 Å². The number of aromatic nitrogens is 4. The van der Waals surface area contributed by atoms with Gasteiger partial charge in [-0.05, 0) is 19.1 Å². The van der Waals surface area contributed by atoms with Crippen molar-refractivity contribution in [1.82, 2.24) is 19.7 Å². The van der Waals surface area contributed by atoms with Gasteiger partial charge in [0.2, 0.25) is 11.8 Å². The van der Waals surface area contributed by atoms with Gasteiger partial charge < -0.3 is 15.4 Å². The summed E-state index contributed by atoms with van der Waals surface area (Å²) in [6, 6.07) is 11.1. The molecule has 1 atom stereocenters. The first kappa shape index (κ1) is 17.5. The summed E-state index contributed by atoms with van der Waals surface area (Å²) in [5, 5.41) is 14.2. The molecular formula is C16H15N5O4S. The minimum Gasteiger partial charge on any atom is -0.493 e. The van der Waals surface area contributed by atoms with E-state index < -0.39 is 22.6 Å². The van der Waals surface area contributed by atoms with Crippen LogP contribution in [0.25, 0.3) is 5.69 Å². The van der Waals surface area contributed by atoms with Crippen LogP contribution in [-0.4, -0.2) is 36.0 Å². The molecule has 0 aliphatic rings. The first-order valence-corrected chi connectivity index (χ1v) is 8.45. The molecule has 0 aliphatic heterocycles. The van der Waals surface area contributed by atoms with E-state index >= 15 is 0 Å². The highest BCUT2D eigenvalue weighted by Crippen LogP contribution is 2.20. The molecule has 4 N–H and O–H groups in total. The Kier molecular flexibility index (Phi) is 4.94. The fourth-order valence-electron chi connectivity index (χ4n) is 2.16. The minimum absolute atomic E-state index is 0.119. The summed E-state index contributed by atoms with van der Waals surface area (Å²) in [6.45, 7) is 1.61. The second-order valence-electron chi connectivity index (χ2n) is 5.34. The van der Waals surface area contributed by atoms with Crippen LogP contribution in [0.1, 0.15) is 6.92 Å². The van der Waals surface area contributed by atoms with Crippen LogP contribution in [0.3, 0.4) is 0 Å². The highest BCUT2D eigenvalue weighted by atomic mass is 32.2. The number of aromatic hydroxyl groups is 1. The van der Waals surface area contributed by atoms with Crippen molar-refractivity contribution < 1.29 is 9.90 Å². The molecule has 3 aromatic rings. The molecule has 2 heterocycles. The zero-order valence-corrected chi connectivity index (χ0v) is 14.4. The number of hydrogen-bond acceptors (Lipinski definition) is 6. The van der Waals surface area contributed by atoms with Crippen molar-refractivity contribution in [3.8, 4) is 11.6 Å². The largest absolute Gasteiger partial charge is 0.493 e. The molecule has 0 saturated carbocycles. The van der Waals surface area contributed by atoms with Crippen molar-refractivity contribution in [2.45, 2.75) is 17.3 Å². The number of aromatic amines is 2. The number of thioether (sulfide) groups is 1. The molecule has 9 nitrogen and oxygen atoms in total. The first-order chi connectivity index (χ1) is 12.4. The van der Waals surface area contributed by atoms with Gasteiger partial charge in [0.15, 0.2) is 5.16 Å². The van der Waals surface area contributed by atoms with Crippen molar-refractivity contribution in [2.75, 3.05) is 5.32 Å². The van der Waals surface area contributed by atoms with Gasteiger partial charge in [-0.25, -0.2) is 4.68 Å². The first-order valence-electron chi connectivity index (χ1n) is 7.58. The van der Waals surface area contributed by atoms with Crippen molar-refractivity contribution in [2.24, 2.45) is 0 Å². The average molecular weight is 373 g/mol. The van der Waals surface area contributed by atoms with E-state index in [0.29, 0.717) is 5.69 Å². The Morgan fingerprint density at radius 2 is 2.00 bits per heavy atom. The van der Waals surface area contributed by atoms with Gasteiger partial charge in [0.05, 0.1) is 17.0 Å². The number of amides is 1. The number of anilines is 1. The van der Waals surface area contributed by atoms with Crippen LogP contribution in [0.15, 0.2) is 57.2 Å². The van der Waals surface area contributed by atoms with E-state index in [9.17, 15) is 19.5 Å². The Labute approximate surface area is 151 Å². The summed E-state index contributed by atoms with van der Waals surface area (Å²) in [4.78, 5) is 41.8. The Hall–Kier alpha value is -3.27. The minimum atomic E-state index is -0.636. The number of benzene rings is 1. The molecule has 2 aromatic heterocycles. The molecule has 0 fully saturated rings. The summed E-state index contributed by atoms with van der Waals surface area (Å²) in [7, 11) is 0. The number of hydrogen-bond donors (Lipinski definition) is 4. The second-order valence-corrected chi connectivity index (χ2v) is 6.67. The predicted octanol–water partition coefficient (Wildman–Crippen LogP) is 1.07. The lowest BCUT2D eigenvalue weighted by atomic mass is 10.3. The van der Waals surface area contributed by atoms with Crippen molar-refractivity contribution in [1.29, 1.82) is 0 Å². The number of H-pyrrole nitrogens is 2. The van der Waals surface area contributed by atoms with Gasteiger partial charge in [0.25, 0.3) is 11.1 Å². The van der Waals surface area contributed by atoms with E-state index in [1.165, 1.54) is 10.7 Å². The summed E-state index contributed by atoms with van der Waals surface area (Å²) in [5.41, 5.74) is -0.190. The average Bonchev–Trinajstić information content (AvgIpc) is 2.95. The lowest BCUT2D eigenvalue weighted by Gasteiger charge is -2.10. The van der Waals surface area contributed by atoms with Gasteiger partial charge in [0.1, 0.15) is 5.82 Å². The molecule has 0 radical (unpaired) electrons. The second kappa shape index (κ2) is 7.31. The SMILES string of the molecule is CC(Sc1nc(O)cc(=O)[nH]1)C(=O)Nc1cc(=O)n(-c2ccccc2)[nH]1. The smallest absolute Gasteiger partial charge is 0.273 e. The standard InChI is InChI=1S/C16H15N5O4S/c1-9(26-16-18-12(22)8-13(23)19-16)15(25)17-11-7-14(24)21(20-11)10-5-3-2-4-6-10/h2-9,20H,1H3,(H,17,25)(H2,18,19,22,23). The van der Waals surface area contributed by atoms with Gasteiger partial charge in [-0.1, -0.05) is 30.0 Å². The van der Waals surface area contributed by atoms with E-state index in [1.54, 1.807) is 31.2 Å². The van der Waals surface area contributed by atoms with Crippen molar-refractivity contribution in [3.05, 3.63) is 63.2 Å². The van der Waals surface area contributed by atoms with Gasteiger partial charge in [-0.3, -0.25) is 19.5 Å². The molecule has 1 amide bonds. The highest BCUT2D eigenvalue weighted by molar-refractivity contribution is 8.00. The quantitative estimate of drug-likeness (QED) is 0.391. The van der Waals surface area contributed by atoms with Crippen LogP contribution in [0.2, 0.25) is 0 Å². The van der Waals surface area contributed by atoms with Gasteiger partial charge >= 0.3 is 0 Å². The van der Waals surface area contributed by atoms with E-state index in [1.807, 2.05) is 6.07 Å². The van der Waals surface area contributed by atoms with Crippen LogP contribution >= 0.6 is 11.8 Å². The van der Waals surface area contributed by atoms with Crippen LogP contribution < -0.4 is 16.4 Å². The summed E-state index contributed by atoms with van der Waals surface area (Å²) in [5.74, 6) is -0.579. The van der Waals surface area contributed by atoms with Gasteiger partial charge in [-0.15, -0.1) is 0 Å². The molecule has 1 aromatic carbocycles. The van der Waals surface area contributed by atoms with E-state index in [2.05, 4.69) is 20.4 Å². The number of carbonyl (C=O) groups is 1. The third kappa shape index (κ3) is 4.03. The monoisotopic (exact) mass is 373 g/mol. The molecule has 3 rings (SSSR count). The molecule has 1 unspecified atom stereocenters. The zero-order valence-electron chi connectivity index (χ0n) is 13.6. The fraction of sp³-hybridized carbons (Fsp3) is 0.125. The lowest BCUT2D eigenvalue weighted by molar-refractivity contribution is -0.115. The lowest BCUT2D eigenvalue weighted by Crippen LogP contribution is -2.23. The van der Waals surface area contributed by atoms with E-state index in [-0.39, 0.29) is 16.5 Å². The van der Waals surface area contributed by atoms with E-state index in [4.69, 9.17) is 0 Å². The van der Waals surface area contributed by atoms with Gasteiger partial charge in [-0.2, -0.15) is 4.98 Å². The molecule has 0 bridgehead atoms. The Morgan fingerprint density at radius 1 is 1.27 bits per heavy atom. The number of para-hydroxylation sites is 1. The predicted molar refractivity (Wildman–Crippen MR) is 96.9 cm³/mol. The maximum absolute atomic E-state index is 12.3. The fourth-order valence-corrected chi connectivity index (χ4v) is 2.97. The Bertz CT molecular complexity index is 1040. The van der Waals surface area contributed by atoms with Crippen molar-refractivity contribution >= 4 is 23.5 Å². The molecule has 10 heteroatoms. The molecule has 0 spiro atoms. The Morgan fingerprint density at radius 3 is 2.69 bits per heavy atom. The number of nitrogens with zero attached hydrogens (tertiary/aromatic N) is 2. The number of carbonyl (C=O) groups excluding carboxylic acids is 1. The maximum atomic E-state index is 12.3. The highest BCUT2D eigenvalue weighted by Gasteiger charge is 2.18. The van der Waals surface area contributed by atoms with Crippen LogP contribution in [-0.2, 0) is 4.79 Å². The summed E-state index contributed by atoms with van der Waals surface area (Å²) < 4.78 is 1.31. The van der Waals surface area contributed by atoms with Gasteiger partial charge in [0, 0.05) is 6.07 Å². The van der Waals surface area contributed by atoms with Crippen LogP contribution in [0.4, 0.5) is 5.82 Å². The topological polar surface area (TPSA) is 133 Å². The Balaban J connectivity index is 1.72. The molecule has 0 saturated heterocycles. The third-order valence-electron chi connectivity index (χ3n) is 3.36. The van der Waals surface area contributed by atoms with Crippen molar-refractivity contribution in [3.63, 3.8) is 0 Å². The zero-order chi connectivity index (χ0) is 18.7. The molecule has 134 valence electrons. The van der Waals surface area contributed by atoms with E-state index in [0.717, 1.165) is 17.8 Å². The number of rotatable bonds is 5.